The van der Waals surface area contributed by atoms with Crippen LogP contribution in [0.2, 0.25) is 0 Å². The zero-order chi connectivity index (χ0) is 17.1. The minimum Gasteiger partial charge on any atom is -0.481 e. The maximum absolute atomic E-state index is 11.2. The van der Waals surface area contributed by atoms with Crippen LogP contribution in [0.25, 0.3) is 0 Å². The van der Waals surface area contributed by atoms with Gasteiger partial charge in [-0.25, -0.2) is 0 Å². The van der Waals surface area contributed by atoms with Gasteiger partial charge in [-0.2, -0.15) is 0 Å². The Labute approximate surface area is 142 Å². The molecule has 1 aliphatic heterocycles. The zero-order valence-electron chi connectivity index (χ0n) is 14.1. The Morgan fingerprint density at radius 3 is 2.50 bits per heavy atom. The van der Waals surface area contributed by atoms with Crippen LogP contribution in [-0.4, -0.2) is 39.0 Å². The zero-order valence-corrected chi connectivity index (χ0v) is 14.1. The molecule has 126 valence electrons. The molecule has 1 unspecified atom stereocenters. The van der Waals surface area contributed by atoms with Crippen LogP contribution < -0.4 is 0 Å². The van der Waals surface area contributed by atoms with Crippen molar-refractivity contribution in [3.63, 3.8) is 0 Å². The summed E-state index contributed by atoms with van der Waals surface area (Å²) in [5, 5.41) is 9.22. The first-order chi connectivity index (χ1) is 11.5. The monoisotopic (exact) mass is 325 g/mol. The SMILES string of the molecule is Cc1ccc(C(c2cccc(C)n2)N2CCC(C(=O)O)CC2)nc1. The van der Waals surface area contributed by atoms with Crippen molar-refractivity contribution in [2.45, 2.75) is 32.7 Å². The topological polar surface area (TPSA) is 66.3 Å². The number of hydrogen-bond donors (Lipinski definition) is 1. The number of nitrogens with zero attached hydrogens (tertiary/aromatic N) is 3. The number of carbonyl (C=O) groups is 1. The first-order valence-electron chi connectivity index (χ1n) is 8.37. The van der Waals surface area contributed by atoms with Gasteiger partial charge < -0.3 is 5.11 Å². The molecule has 3 rings (SSSR count). The molecule has 0 aromatic carbocycles. The third-order valence-corrected chi connectivity index (χ3v) is 4.65. The van der Waals surface area contributed by atoms with Crippen molar-refractivity contribution in [3.05, 3.63) is 59.2 Å². The van der Waals surface area contributed by atoms with Crippen LogP contribution >= 0.6 is 0 Å². The van der Waals surface area contributed by atoms with Crippen molar-refractivity contribution >= 4 is 5.97 Å². The van der Waals surface area contributed by atoms with Gasteiger partial charge in [0.25, 0.3) is 0 Å². The van der Waals surface area contributed by atoms with Gasteiger partial charge in [0.1, 0.15) is 0 Å². The van der Waals surface area contributed by atoms with E-state index in [1.165, 1.54) is 0 Å². The lowest BCUT2D eigenvalue weighted by Gasteiger charge is -2.36. The number of likely N-dealkylation sites (tertiary alicyclic amines) is 1. The summed E-state index contributed by atoms with van der Waals surface area (Å²) < 4.78 is 0. The fraction of sp³-hybridized carbons (Fsp3) is 0.421. The first-order valence-corrected chi connectivity index (χ1v) is 8.37. The van der Waals surface area contributed by atoms with Crippen LogP contribution in [0.1, 0.15) is 41.5 Å². The second-order valence-corrected chi connectivity index (χ2v) is 6.52. The van der Waals surface area contributed by atoms with E-state index in [9.17, 15) is 9.90 Å². The molecule has 24 heavy (non-hydrogen) atoms. The smallest absolute Gasteiger partial charge is 0.306 e. The highest BCUT2D eigenvalue weighted by molar-refractivity contribution is 5.70. The van der Waals surface area contributed by atoms with Crippen molar-refractivity contribution in [2.24, 2.45) is 5.92 Å². The molecule has 3 heterocycles. The Morgan fingerprint density at radius 2 is 1.92 bits per heavy atom. The van der Waals surface area contributed by atoms with Gasteiger partial charge in [-0.15, -0.1) is 0 Å². The van der Waals surface area contributed by atoms with Crippen LogP contribution in [-0.2, 0) is 4.79 Å². The summed E-state index contributed by atoms with van der Waals surface area (Å²) in [6.45, 7) is 5.49. The lowest BCUT2D eigenvalue weighted by atomic mass is 9.94. The highest BCUT2D eigenvalue weighted by atomic mass is 16.4. The maximum Gasteiger partial charge on any atom is 0.306 e. The number of rotatable bonds is 4. The van der Waals surface area contributed by atoms with E-state index in [0.29, 0.717) is 12.8 Å². The average Bonchev–Trinajstić information content (AvgIpc) is 2.57. The van der Waals surface area contributed by atoms with Crippen molar-refractivity contribution in [2.75, 3.05) is 13.1 Å². The van der Waals surface area contributed by atoms with E-state index in [-0.39, 0.29) is 12.0 Å². The molecule has 5 heteroatoms. The van der Waals surface area contributed by atoms with Crippen LogP contribution in [0.3, 0.4) is 0 Å². The fourth-order valence-corrected chi connectivity index (χ4v) is 3.29. The largest absolute Gasteiger partial charge is 0.481 e. The minimum absolute atomic E-state index is 0.0276. The van der Waals surface area contributed by atoms with Crippen LogP contribution in [0, 0.1) is 19.8 Å². The minimum atomic E-state index is -0.687. The molecular formula is C19H23N3O2. The van der Waals surface area contributed by atoms with Crippen LogP contribution in [0.4, 0.5) is 0 Å². The van der Waals surface area contributed by atoms with Gasteiger partial charge in [0.2, 0.25) is 0 Å². The quantitative estimate of drug-likeness (QED) is 0.936. The van der Waals surface area contributed by atoms with Crippen LogP contribution in [0.5, 0.6) is 0 Å². The van der Waals surface area contributed by atoms with Gasteiger partial charge in [0, 0.05) is 11.9 Å². The molecule has 0 saturated carbocycles. The van der Waals surface area contributed by atoms with Gasteiger partial charge in [0.15, 0.2) is 0 Å². The van der Waals surface area contributed by atoms with Gasteiger partial charge in [-0.05, 0) is 63.5 Å². The maximum atomic E-state index is 11.2. The van der Waals surface area contributed by atoms with E-state index in [1.807, 2.05) is 44.3 Å². The second-order valence-electron chi connectivity index (χ2n) is 6.52. The van der Waals surface area contributed by atoms with Crippen molar-refractivity contribution in [1.29, 1.82) is 0 Å². The van der Waals surface area contributed by atoms with Crippen molar-refractivity contribution in [1.82, 2.24) is 14.9 Å². The van der Waals surface area contributed by atoms with E-state index in [0.717, 1.165) is 35.7 Å². The lowest BCUT2D eigenvalue weighted by molar-refractivity contribution is -0.143. The summed E-state index contributed by atoms with van der Waals surface area (Å²) in [6, 6.07) is 10.1. The Balaban J connectivity index is 1.91. The summed E-state index contributed by atoms with van der Waals surface area (Å²) in [5.74, 6) is -0.924. The van der Waals surface area contributed by atoms with E-state index in [4.69, 9.17) is 4.98 Å². The molecule has 0 radical (unpaired) electrons. The molecule has 1 atom stereocenters. The molecule has 1 fully saturated rings. The molecule has 0 amide bonds. The summed E-state index contributed by atoms with van der Waals surface area (Å²) in [5.41, 5.74) is 4.04. The summed E-state index contributed by atoms with van der Waals surface area (Å²) in [7, 11) is 0. The van der Waals surface area contributed by atoms with Gasteiger partial charge >= 0.3 is 5.97 Å². The fourth-order valence-electron chi connectivity index (χ4n) is 3.29. The van der Waals surface area contributed by atoms with Gasteiger partial charge in [0.05, 0.1) is 23.3 Å². The highest BCUT2D eigenvalue weighted by Crippen LogP contribution is 2.30. The van der Waals surface area contributed by atoms with E-state index >= 15 is 0 Å². The normalized spacial score (nSPS) is 17.6. The average molecular weight is 325 g/mol. The molecule has 0 spiro atoms. The van der Waals surface area contributed by atoms with E-state index in [1.54, 1.807) is 0 Å². The molecule has 2 aromatic rings. The van der Waals surface area contributed by atoms with Gasteiger partial charge in [-0.3, -0.25) is 19.7 Å². The van der Waals surface area contributed by atoms with Crippen LogP contribution in [0.15, 0.2) is 36.5 Å². The predicted molar refractivity (Wildman–Crippen MR) is 91.7 cm³/mol. The van der Waals surface area contributed by atoms with E-state index in [2.05, 4.69) is 16.0 Å². The second kappa shape index (κ2) is 7.09. The Morgan fingerprint density at radius 1 is 1.17 bits per heavy atom. The Kier molecular flexibility index (Phi) is 4.90. The predicted octanol–water partition coefficient (Wildman–Crippen LogP) is 2.98. The number of aromatic nitrogens is 2. The summed E-state index contributed by atoms with van der Waals surface area (Å²) in [6.07, 6.45) is 3.22. The summed E-state index contributed by atoms with van der Waals surface area (Å²) >= 11 is 0. The number of aliphatic carboxylic acids is 1. The van der Waals surface area contributed by atoms with E-state index < -0.39 is 5.97 Å². The molecule has 1 N–H and O–H groups in total. The molecule has 1 saturated heterocycles. The van der Waals surface area contributed by atoms with Crippen molar-refractivity contribution in [3.8, 4) is 0 Å². The number of aryl methyl sites for hydroxylation is 2. The molecule has 0 aliphatic carbocycles. The van der Waals surface area contributed by atoms with Crippen molar-refractivity contribution < 1.29 is 9.90 Å². The molecule has 2 aromatic heterocycles. The number of carboxylic acids is 1. The highest BCUT2D eigenvalue weighted by Gasteiger charge is 2.31. The number of hydrogen-bond acceptors (Lipinski definition) is 4. The van der Waals surface area contributed by atoms with Gasteiger partial charge in [-0.1, -0.05) is 12.1 Å². The Bertz CT molecular complexity index is 707. The summed E-state index contributed by atoms with van der Waals surface area (Å²) in [4.78, 5) is 22.8. The first kappa shape index (κ1) is 16.6. The molecule has 1 aliphatic rings. The number of pyridine rings is 2. The lowest BCUT2D eigenvalue weighted by Crippen LogP contribution is -2.39. The molecule has 5 nitrogen and oxygen atoms in total. The standard InChI is InChI=1S/C19H23N3O2/c1-13-6-7-16(20-12-13)18(17-5-3-4-14(2)21-17)22-10-8-15(9-11-22)19(23)24/h3-7,12,15,18H,8-11H2,1-2H3,(H,23,24). The third kappa shape index (κ3) is 3.62. The number of piperidine rings is 1. The molecule has 0 bridgehead atoms. The third-order valence-electron chi connectivity index (χ3n) is 4.65. The molecular weight excluding hydrogens is 302 g/mol. The Hall–Kier alpha value is -2.27. The number of carboxylic acid groups (broad SMARTS) is 1.